The van der Waals surface area contributed by atoms with Gasteiger partial charge in [-0.15, -0.1) is 0 Å². The molecule has 0 unspecified atom stereocenters. The molecule has 0 aliphatic rings. The number of methoxy groups -OCH3 is 1. The number of ether oxygens (including phenoxy) is 3. The van der Waals surface area contributed by atoms with Crippen LogP contribution in [0.5, 0.6) is 11.5 Å². The number of nitrogens with one attached hydrogen (secondary N) is 2. The maximum Gasteiger partial charge on any atom is 0.306 e. The maximum atomic E-state index is 11.8. The first-order valence-electron chi connectivity index (χ1n) is 8.65. The van der Waals surface area contributed by atoms with Crippen LogP contribution in [0, 0.1) is 0 Å². The number of benzene rings is 2. The normalized spacial score (nSPS) is 9.89. The van der Waals surface area contributed by atoms with Crippen LogP contribution >= 0.6 is 0 Å². The number of rotatable bonds is 9. The molecular formula is C20H22N2O6. The summed E-state index contributed by atoms with van der Waals surface area (Å²) in [6.07, 6.45) is 0.553. The van der Waals surface area contributed by atoms with Gasteiger partial charge < -0.3 is 14.2 Å². The molecule has 0 aromatic heterocycles. The van der Waals surface area contributed by atoms with E-state index in [-0.39, 0.29) is 6.42 Å². The topological polar surface area (TPSA) is 103 Å². The Kier molecular flexibility index (Phi) is 8.32. The minimum Gasteiger partial charge on any atom is -0.497 e. The second-order valence-corrected chi connectivity index (χ2v) is 5.66. The Hall–Kier alpha value is -3.55. The molecule has 0 aliphatic heterocycles. The smallest absolute Gasteiger partial charge is 0.306 e. The van der Waals surface area contributed by atoms with Crippen LogP contribution in [-0.2, 0) is 14.3 Å². The van der Waals surface area contributed by atoms with Gasteiger partial charge in [0.2, 0.25) is 0 Å². The van der Waals surface area contributed by atoms with Crippen LogP contribution < -0.4 is 20.3 Å². The van der Waals surface area contributed by atoms with E-state index in [0.717, 1.165) is 5.75 Å². The molecule has 28 heavy (non-hydrogen) atoms. The van der Waals surface area contributed by atoms with Crippen LogP contribution in [0.4, 0.5) is 0 Å². The molecule has 0 aliphatic carbocycles. The minimum absolute atomic E-state index is 0.111. The highest BCUT2D eigenvalue weighted by atomic mass is 16.5. The van der Waals surface area contributed by atoms with E-state index < -0.39 is 24.4 Å². The van der Waals surface area contributed by atoms with Crippen molar-refractivity contribution in [3.63, 3.8) is 0 Å². The van der Waals surface area contributed by atoms with Gasteiger partial charge in [-0.05, 0) is 42.8 Å². The van der Waals surface area contributed by atoms with Gasteiger partial charge in [0.1, 0.15) is 11.5 Å². The lowest BCUT2D eigenvalue weighted by atomic mass is 10.2. The van der Waals surface area contributed by atoms with Crippen molar-refractivity contribution in [1.82, 2.24) is 10.9 Å². The number of carbonyl (C=O) groups excluding carboxylic acids is 3. The largest absolute Gasteiger partial charge is 0.497 e. The number of amides is 2. The van der Waals surface area contributed by atoms with Crippen LogP contribution in [0.1, 0.15) is 23.2 Å². The second kappa shape index (κ2) is 11.2. The van der Waals surface area contributed by atoms with Crippen molar-refractivity contribution in [2.24, 2.45) is 0 Å². The van der Waals surface area contributed by atoms with Gasteiger partial charge in [0.15, 0.2) is 6.61 Å². The third kappa shape index (κ3) is 7.36. The SMILES string of the molecule is COc1ccc(OCCCC(=O)OCC(=O)NNC(=O)c2ccccc2)cc1. The van der Waals surface area contributed by atoms with E-state index in [1.807, 2.05) is 0 Å². The van der Waals surface area contributed by atoms with Crippen molar-refractivity contribution < 1.29 is 28.6 Å². The molecule has 2 aromatic rings. The molecule has 8 nitrogen and oxygen atoms in total. The molecule has 148 valence electrons. The zero-order valence-corrected chi connectivity index (χ0v) is 15.5. The van der Waals surface area contributed by atoms with Crippen LogP contribution in [0.25, 0.3) is 0 Å². The molecule has 8 heteroatoms. The van der Waals surface area contributed by atoms with Crippen molar-refractivity contribution in [3.05, 3.63) is 60.2 Å². The van der Waals surface area contributed by atoms with Gasteiger partial charge in [-0.1, -0.05) is 18.2 Å². The Labute approximate surface area is 162 Å². The van der Waals surface area contributed by atoms with Gasteiger partial charge in [0.05, 0.1) is 13.7 Å². The summed E-state index contributed by atoms with van der Waals surface area (Å²) in [5, 5.41) is 0. The number of hydrogen-bond acceptors (Lipinski definition) is 6. The van der Waals surface area contributed by atoms with E-state index in [1.54, 1.807) is 61.7 Å². The van der Waals surface area contributed by atoms with Crippen LogP contribution in [-0.4, -0.2) is 38.1 Å². The summed E-state index contributed by atoms with van der Waals surface area (Å²) >= 11 is 0. The highest BCUT2D eigenvalue weighted by molar-refractivity contribution is 5.95. The summed E-state index contributed by atoms with van der Waals surface area (Å²) in [6, 6.07) is 15.5. The highest BCUT2D eigenvalue weighted by Gasteiger charge is 2.10. The Morgan fingerprint density at radius 1 is 0.893 bits per heavy atom. The molecule has 2 rings (SSSR count). The predicted molar refractivity (Wildman–Crippen MR) is 101 cm³/mol. The Morgan fingerprint density at radius 3 is 2.25 bits per heavy atom. The van der Waals surface area contributed by atoms with Gasteiger partial charge in [-0.2, -0.15) is 0 Å². The van der Waals surface area contributed by atoms with Crippen molar-refractivity contribution in [2.45, 2.75) is 12.8 Å². The van der Waals surface area contributed by atoms with Crippen LogP contribution in [0.2, 0.25) is 0 Å². The first-order valence-corrected chi connectivity index (χ1v) is 8.65. The van der Waals surface area contributed by atoms with Gasteiger partial charge >= 0.3 is 5.97 Å². The van der Waals surface area contributed by atoms with Crippen molar-refractivity contribution in [2.75, 3.05) is 20.3 Å². The zero-order chi connectivity index (χ0) is 20.2. The fraction of sp³-hybridized carbons (Fsp3) is 0.250. The lowest BCUT2D eigenvalue weighted by molar-refractivity contribution is -0.148. The van der Waals surface area contributed by atoms with Gasteiger partial charge in [0, 0.05) is 12.0 Å². The maximum absolute atomic E-state index is 11.8. The standard InChI is InChI=1S/C20H22N2O6/c1-26-16-9-11-17(12-10-16)27-13-5-8-19(24)28-14-18(23)21-22-20(25)15-6-3-2-4-7-15/h2-4,6-7,9-12H,5,8,13-14H2,1H3,(H,21,23)(H,22,25). The van der Waals surface area contributed by atoms with Crippen molar-refractivity contribution >= 4 is 17.8 Å². The molecule has 0 fully saturated rings. The fourth-order valence-electron chi connectivity index (χ4n) is 2.12. The summed E-state index contributed by atoms with van der Waals surface area (Å²) in [7, 11) is 1.58. The average Bonchev–Trinajstić information content (AvgIpc) is 2.74. The number of esters is 1. The van der Waals surface area contributed by atoms with E-state index in [2.05, 4.69) is 10.9 Å². The molecule has 0 saturated carbocycles. The van der Waals surface area contributed by atoms with E-state index in [0.29, 0.717) is 24.3 Å². The van der Waals surface area contributed by atoms with Crippen LogP contribution in [0.3, 0.4) is 0 Å². The summed E-state index contributed by atoms with van der Waals surface area (Å²) in [6.45, 7) is -0.145. The number of hydrogen-bond donors (Lipinski definition) is 2. The van der Waals surface area contributed by atoms with E-state index >= 15 is 0 Å². The highest BCUT2D eigenvalue weighted by Crippen LogP contribution is 2.17. The summed E-state index contributed by atoms with van der Waals surface area (Å²) in [5.41, 5.74) is 4.83. The fourth-order valence-corrected chi connectivity index (χ4v) is 2.12. The minimum atomic E-state index is -0.632. The molecule has 2 N–H and O–H groups in total. The summed E-state index contributed by atoms with van der Waals surface area (Å²) < 4.78 is 15.4. The van der Waals surface area contributed by atoms with E-state index in [1.165, 1.54) is 0 Å². The third-order valence-corrected chi connectivity index (χ3v) is 3.57. The lowest BCUT2D eigenvalue weighted by Gasteiger charge is -2.09. The molecule has 2 aromatic carbocycles. The molecular weight excluding hydrogens is 364 g/mol. The molecule has 0 saturated heterocycles. The molecule has 2 amide bonds. The van der Waals surface area contributed by atoms with Crippen molar-refractivity contribution in [1.29, 1.82) is 0 Å². The Morgan fingerprint density at radius 2 is 1.57 bits per heavy atom. The first-order chi connectivity index (χ1) is 13.6. The number of carbonyl (C=O) groups is 3. The van der Waals surface area contributed by atoms with Gasteiger partial charge in [-0.3, -0.25) is 25.2 Å². The lowest BCUT2D eigenvalue weighted by Crippen LogP contribution is -2.43. The molecule has 0 heterocycles. The number of hydrazine groups is 1. The average molecular weight is 386 g/mol. The predicted octanol–water partition coefficient (Wildman–Crippen LogP) is 1.86. The molecule has 0 radical (unpaired) electrons. The van der Waals surface area contributed by atoms with Crippen molar-refractivity contribution in [3.8, 4) is 11.5 Å². The quantitative estimate of drug-likeness (QED) is 0.387. The van der Waals surface area contributed by atoms with Gasteiger partial charge in [0.25, 0.3) is 11.8 Å². The molecule has 0 atom stereocenters. The van der Waals surface area contributed by atoms with E-state index in [9.17, 15) is 14.4 Å². The van der Waals surface area contributed by atoms with Gasteiger partial charge in [-0.25, -0.2) is 0 Å². The monoisotopic (exact) mass is 386 g/mol. The molecule has 0 bridgehead atoms. The van der Waals surface area contributed by atoms with Crippen LogP contribution in [0.15, 0.2) is 54.6 Å². The Balaban J connectivity index is 1.56. The first kappa shape index (κ1) is 20.8. The summed E-state index contributed by atoms with van der Waals surface area (Å²) in [4.78, 5) is 35.0. The zero-order valence-electron chi connectivity index (χ0n) is 15.5. The Bertz CT molecular complexity index is 777. The van der Waals surface area contributed by atoms with E-state index in [4.69, 9.17) is 14.2 Å². The second-order valence-electron chi connectivity index (χ2n) is 5.66. The summed E-state index contributed by atoms with van der Waals surface area (Å²) in [5.74, 6) is -0.220. The third-order valence-electron chi connectivity index (χ3n) is 3.57. The molecule has 0 spiro atoms.